The van der Waals surface area contributed by atoms with Crippen LogP contribution in [-0.2, 0) is 17.7 Å². The Morgan fingerprint density at radius 3 is 2.79 bits per heavy atom. The Morgan fingerprint density at radius 1 is 1.00 bits per heavy atom. The van der Waals surface area contributed by atoms with Crippen molar-refractivity contribution in [1.29, 1.82) is 0 Å². The molecule has 2 fully saturated rings. The number of fused-ring (bicyclic) bond motifs is 2. The topological polar surface area (TPSA) is 63.5 Å². The molecule has 28 heavy (non-hydrogen) atoms. The molecule has 1 amide bonds. The number of piperazine rings is 1. The molecule has 3 aliphatic heterocycles. The summed E-state index contributed by atoms with van der Waals surface area (Å²) in [4.78, 5) is 17.7. The van der Waals surface area contributed by atoms with E-state index in [9.17, 15) is 4.79 Å². The maximum absolute atomic E-state index is 13.2. The maximum atomic E-state index is 13.2. The molecule has 1 aromatic heterocycles. The number of ether oxygens (including phenoxy) is 1. The summed E-state index contributed by atoms with van der Waals surface area (Å²) < 4.78 is 7.97. The highest BCUT2D eigenvalue weighted by molar-refractivity contribution is 5.91. The Morgan fingerprint density at radius 2 is 1.89 bits per heavy atom. The highest BCUT2D eigenvalue weighted by atomic mass is 16.5. The second-order valence-electron chi connectivity index (χ2n) is 8.01. The normalized spacial score (nSPS) is 25.6. The molecule has 4 heterocycles. The van der Waals surface area contributed by atoms with Crippen molar-refractivity contribution in [3.05, 3.63) is 47.5 Å². The van der Waals surface area contributed by atoms with Crippen LogP contribution in [0.2, 0.25) is 0 Å². The van der Waals surface area contributed by atoms with Gasteiger partial charge in [-0.15, -0.1) is 10.2 Å². The van der Waals surface area contributed by atoms with Crippen LogP contribution in [0.4, 0.5) is 0 Å². The third kappa shape index (κ3) is 3.22. The number of hydrogen-bond donors (Lipinski definition) is 0. The minimum atomic E-state index is 0.0159. The van der Waals surface area contributed by atoms with Crippen LogP contribution in [0.25, 0.3) is 0 Å². The molecule has 7 nitrogen and oxygen atoms in total. The van der Waals surface area contributed by atoms with Gasteiger partial charge in [0.15, 0.2) is 0 Å². The molecule has 0 unspecified atom stereocenters. The first-order valence-electron chi connectivity index (χ1n) is 10.4. The van der Waals surface area contributed by atoms with E-state index < -0.39 is 0 Å². The molecule has 0 saturated carbocycles. The summed E-state index contributed by atoms with van der Waals surface area (Å²) in [5, 5.41) is 8.55. The number of carbonyl (C=O) groups is 1. The van der Waals surface area contributed by atoms with Gasteiger partial charge in [0.2, 0.25) is 5.82 Å². The number of aryl methyl sites for hydroxylation is 1. The summed E-state index contributed by atoms with van der Waals surface area (Å²) in [6.07, 6.45) is 4.33. The van der Waals surface area contributed by atoms with E-state index in [-0.39, 0.29) is 18.0 Å². The standard InChI is InChI=1S/C21H27N5O2/c27-21(20-23-22-19-9-5-2-6-10-26(19)20)24-11-12-25-17(13-24)14-28-15-18(25)16-7-3-1-4-8-16/h1,3-4,7-8,17-18H,2,5-6,9-15H2/t17-,18-/m1/s1. The second kappa shape index (κ2) is 7.64. The van der Waals surface area contributed by atoms with Crippen LogP contribution >= 0.6 is 0 Å². The van der Waals surface area contributed by atoms with Crippen LogP contribution in [-0.4, -0.2) is 69.4 Å². The lowest BCUT2D eigenvalue weighted by Gasteiger charge is -2.48. The minimum absolute atomic E-state index is 0.0159. The van der Waals surface area contributed by atoms with Gasteiger partial charge in [0.25, 0.3) is 5.91 Å². The largest absolute Gasteiger partial charge is 0.378 e. The van der Waals surface area contributed by atoms with Crippen molar-refractivity contribution in [1.82, 2.24) is 24.6 Å². The van der Waals surface area contributed by atoms with Crippen LogP contribution in [0.3, 0.4) is 0 Å². The minimum Gasteiger partial charge on any atom is -0.378 e. The zero-order valence-corrected chi connectivity index (χ0v) is 16.2. The van der Waals surface area contributed by atoms with Crippen molar-refractivity contribution < 1.29 is 9.53 Å². The van der Waals surface area contributed by atoms with E-state index in [2.05, 4.69) is 39.4 Å². The van der Waals surface area contributed by atoms with Crippen LogP contribution in [0.5, 0.6) is 0 Å². The molecule has 0 aliphatic carbocycles. The first-order chi connectivity index (χ1) is 13.8. The molecule has 5 rings (SSSR count). The summed E-state index contributed by atoms with van der Waals surface area (Å²) in [6.45, 7) is 4.51. The van der Waals surface area contributed by atoms with E-state index in [0.29, 0.717) is 25.6 Å². The highest BCUT2D eigenvalue weighted by Crippen LogP contribution is 2.30. The number of amides is 1. The lowest BCUT2D eigenvalue weighted by molar-refractivity contribution is -0.0772. The summed E-state index contributed by atoms with van der Waals surface area (Å²) in [5.41, 5.74) is 1.29. The third-order valence-electron chi connectivity index (χ3n) is 6.29. The predicted molar refractivity (Wildman–Crippen MR) is 104 cm³/mol. The zero-order valence-electron chi connectivity index (χ0n) is 16.2. The summed E-state index contributed by atoms with van der Waals surface area (Å²) >= 11 is 0. The van der Waals surface area contributed by atoms with Gasteiger partial charge in [-0.25, -0.2) is 0 Å². The lowest BCUT2D eigenvalue weighted by Crippen LogP contribution is -2.60. The molecule has 2 atom stereocenters. The van der Waals surface area contributed by atoms with Gasteiger partial charge < -0.3 is 14.2 Å². The van der Waals surface area contributed by atoms with E-state index >= 15 is 0 Å². The van der Waals surface area contributed by atoms with Gasteiger partial charge in [-0.2, -0.15) is 0 Å². The Hall–Kier alpha value is -2.25. The van der Waals surface area contributed by atoms with Crippen molar-refractivity contribution >= 4 is 5.91 Å². The van der Waals surface area contributed by atoms with Crippen LogP contribution in [0, 0.1) is 0 Å². The molecule has 2 saturated heterocycles. The van der Waals surface area contributed by atoms with Crippen LogP contribution in [0.15, 0.2) is 30.3 Å². The van der Waals surface area contributed by atoms with Gasteiger partial charge in [-0.3, -0.25) is 9.69 Å². The first kappa shape index (κ1) is 17.8. The van der Waals surface area contributed by atoms with Crippen molar-refractivity contribution in [2.24, 2.45) is 0 Å². The smallest absolute Gasteiger partial charge is 0.291 e. The highest BCUT2D eigenvalue weighted by Gasteiger charge is 2.38. The molecule has 7 heteroatoms. The van der Waals surface area contributed by atoms with Crippen LogP contribution < -0.4 is 0 Å². The molecule has 0 radical (unpaired) electrons. The molecule has 148 valence electrons. The Kier molecular flexibility index (Phi) is 4.86. The molecule has 2 aromatic rings. The number of hydrogen-bond acceptors (Lipinski definition) is 5. The van der Waals surface area contributed by atoms with Crippen molar-refractivity contribution in [2.45, 2.75) is 44.3 Å². The van der Waals surface area contributed by atoms with Crippen molar-refractivity contribution in [2.75, 3.05) is 32.8 Å². The number of rotatable bonds is 2. The van der Waals surface area contributed by atoms with Crippen molar-refractivity contribution in [3.63, 3.8) is 0 Å². The van der Waals surface area contributed by atoms with E-state index in [4.69, 9.17) is 4.74 Å². The van der Waals surface area contributed by atoms with Gasteiger partial charge in [-0.1, -0.05) is 36.8 Å². The van der Waals surface area contributed by atoms with E-state index in [1.807, 2.05) is 15.5 Å². The van der Waals surface area contributed by atoms with E-state index in [0.717, 1.165) is 44.7 Å². The molecule has 0 spiro atoms. The maximum Gasteiger partial charge on any atom is 0.291 e. The average molecular weight is 381 g/mol. The number of nitrogens with zero attached hydrogens (tertiary/aromatic N) is 5. The Balaban J connectivity index is 1.32. The average Bonchev–Trinajstić information content (AvgIpc) is 3.01. The summed E-state index contributed by atoms with van der Waals surface area (Å²) in [5.74, 6) is 1.49. The monoisotopic (exact) mass is 381 g/mol. The van der Waals surface area contributed by atoms with Gasteiger partial charge in [0.05, 0.1) is 25.3 Å². The quantitative estimate of drug-likeness (QED) is 0.795. The number of carbonyl (C=O) groups excluding carboxylic acids is 1. The van der Waals surface area contributed by atoms with Gasteiger partial charge in [0.1, 0.15) is 5.82 Å². The molecular formula is C21H27N5O2. The fraction of sp³-hybridized carbons (Fsp3) is 0.571. The Bertz CT molecular complexity index is 837. The Labute approximate surface area is 165 Å². The van der Waals surface area contributed by atoms with Gasteiger partial charge in [0, 0.05) is 32.6 Å². The number of benzene rings is 1. The van der Waals surface area contributed by atoms with Gasteiger partial charge in [-0.05, 0) is 18.4 Å². The predicted octanol–water partition coefficient (Wildman–Crippen LogP) is 1.90. The fourth-order valence-corrected chi connectivity index (χ4v) is 4.77. The first-order valence-corrected chi connectivity index (χ1v) is 10.4. The number of morpholine rings is 1. The van der Waals surface area contributed by atoms with E-state index in [1.165, 1.54) is 12.0 Å². The molecule has 3 aliphatic rings. The SMILES string of the molecule is O=C(c1nnc2n1CCCCC2)N1CCN2[C@@H](COC[C@@H]2c2ccccc2)C1. The molecule has 0 bridgehead atoms. The lowest BCUT2D eigenvalue weighted by atomic mass is 10.00. The summed E-state index contributed by atoms with van der Waals surface area (Å²) in [7, 11) is 0. The summed E-state index contributed by atoms with van der Waals surface area (Å²) in [6, 6.07) is 11.0. The fourth-order valence-electron chi connectivity index (χ4n) is 4.77. The van der Waals surface area contributed by atoms with Crippen molar-refractivity contribution in [3.8, 4) is 0 Å². The molecular weight excluding hydrogens is 354 g/mol. The van der Waals surface area contributed by atoms with E-state index in [1.54, 1.807) is 0 Å². The second-order valence-corrected chi connectivity index (χ2v) is 8.01. The van der Waals surface area contributed by atoms with Crippen LogP contribution in [0.1, 0.15) is 47.3 Å². The third-order valence-corrected chi connectivity index (χ3v) is 6.29. The molecule has 1 aromatic carbocycles. The number of aromatic nitrogens is 3. The van der Waals surface area contributed by atoms with Gasteiger partial charge >= 0.3 is 0 Å². The molecule has 0 N–H and O–H groups in total. The zero-order chi connectivity index (χ0) is 18.9.